The quantitative estimate of drug-likeness (QED) is 0.215. The zero-order chi connectivity index (χ0) is 26.7. The molecule has 41 heavy (non-hydrogen) atoms. The summed E-state index contributed by atoms with van der Waals surface area (Å²) in [4.78, 5) is 3.85. The number of aromatic nitrogens is 2. The number of para-hydroxylation sites is 1. The normalized spacial score (nSPS) is 12.4. The van der Waals surface area contributed by atoms with Crippen molar-refractivity contribution in [2.45, 2.75) is 0 Å². The van der Waals surface area contributed by atoms with Gasteiger partial charge in [-0.3, -0.25) is 0 Å². The van der Waals surface area contributed by atoms with Gasteiger partial charge in [0.25, 0.3) is 0 Å². The van der Waals surface area contributed by atoms with Gasteiger partial charge in [-0.25, -0.2) is 0 Å². The van der Waals surface area contributed by atoms with Crippen LogP contribution in [0.1, 0.15) is 0 Å². The van der Waals surface area contributed by atoms with Crippen molar-refractivity contribution in [1.82, 2.24) is 9.55 Å². The summed E-state index contributed by atoms with van der Waals surface area (Å²) in [5.41, 5.74) is 6.07. The number of nitrogens with one attached hydrogen (secondary N) is 1. The van der Waals surface area contributed by atoms with Crippen molar-refractivity contribution in [3.8, 4) is 5.69 Å². The monoisotopic (exact) mass is 538 g/mol. The van der Waals surface area contributed by atoms with Gasteiger partial charge in [-0.1, -0.05) is 91.0 Å². The smallest absolute Gasteiger partial charge is 0.0640 e. The average Bonchev–Trinajstić information content (AvgIpc) is 3.69. The van der Waals surface area contributed by atoms with Gasteiger partial charge in [0.05, 0.1) is 16.6 Å². The van der Waals surface area contributed by atoms with E-state index in [1.807, 2.05) is 11.3 Å². The molecule has 190 valence electrons. The number of rotatable bonds is 1. The molecule has 1 N–H and O–H groups in total. The van der Waals surface area contributed by atoms with Crippen LogP contribution >= 0.6 is 11.3 Å². The molecule has 0 atom stereocenters. The molecule has 3 heteroatoms. The van der Waals surface area contributed by atoms with E-state index in [9.17, 15) is 0 Å². The molecule has 0 aliphatic carbocycles. The first-order valence-electron chi connectivity index (χ1n) is 14.0. The lowest BCUT2D eigenvalue weighted by atomic mass is 9.98. The van der Waals surface area contributed by atoms with E-state index >= 15 is 0 Å². The Morgan fingerprint density at radius 1 is 0.488 bits per heavy atom. The Balaban J connectivity index is 1.47. The molecule has 0 radical (unpaired) electrons. The second kappa shape index (κ2) is 7.75. The third-order valence-corrected chi connectivity index (χ3v) is 10.00. The summed E-state index contributed by atoms with van der Waals surface area (Å²) in [7, 11) is 0. The predicted octanol–water partition coefficient (Wildman–Crippen LogP) is 11.1. The Bertz CT molecular complexity index is 2700. The third-order valence-electron chi connectivity index (χ3n) is 8.86. The minimum atomic E-state index is 1.17. The van der Waals surface area contributed by atoms with E-state index in [4.69, 9.17) is 0 Å². The van der Waals surface area contributed by atoms with Gasteiger partial charge in [0.15, 0.2) is 0 Å². The number of thiophene rings is 1. The third kappa shape index (κ3) is 2.81. The van der Waals surface area contributed by atoms with Crippen LogP contribution in [0.2, 0.25) is 0 Å². The number of H-pyrrole nitrogens is 1. The van der Waals surface area contributed by atoms with Crippen LogP contribution in [-0.4, -0.2) is 9.55 Å². The van der Waals surface area contributed by atoms with Crippen molar-refractivity contribution in [2.75, 3.05) is 0 Å². The lowest BCUT2D eigenvalue weighted by Gasteiger charge is -2.11. The van der Waals surface area contributed by atoms with E-state index in [-0.39, 0.29) is 0 Å². The lowest BCUT2D eigenvalue weighted by molar-refractivity contribution is 1.20. The Morgan fingerprint density at radius 3 is 2.05 bits per heavy atom. The van der Waals surface area contributed by atoms with E-state index in [1.54, 1.807) is 0 Å². The van der Waals surface area contributed by atoms with Crippen LogP contribution in [0.3, 0.4) is 0 Å². The van der Waals surface area contributed by atoms with Crippen molar-refractivity contribution in [1.29, 1.82) is 0 Å². The highest BCUT2D eigenvalue weighted by molar-refractivity contribution is 7.25. The summed E-state index contributed by atoms with van der Waals surface area (Å²) in [6.45, 7) is 0. The largest absolute Gasteiger partial charge is 0.354 e. The summed E-state index contributed by atoms with van der Waals surface area (Å²) in [6.07, 6.45) is 0. The minimum Gasteiger partial charge on any atom is -0.354 e. The first-order valence-corrected chi connectivity index (χ1v) is 14.8. The molecule has 7 aromatic carbocycles. The van der Waals surface area contributed by atoms with Crippen LogP contribution in [0.25, 0.3) is 91.0 Å². The number of fused-ring (bicyclic) bond motifs is 14. The minimum absolute atomic E-state index is 1.17. The average molecular weight is 539 g/mol. The number of hydrogen-bond acceptors (Lipinski definition) is 1. The fourth-order valence-corrected chi connectivity index (χ4v) is 8.26. The van der Waals surface area contributed by atoms with E-state index in [1.165, 1.54) is 91.0 Å². The molecule has 0 aliphatic heterocycles. The molecule has 10 aromatic rings. The van der Waals surface area contributed by atoms with Crippen molar-refractivity contribution >= 4 is 96.7 Å². The van der Waals surface area contributed by atoms with Crippen molar-refractivity contribution in [3.05, 3.63) is 127 Å². The number of hydrogen-bond donors (Lipinski definition) is 1. The van der Waals surface area contributed by atoms with E-state index in [0.717, 1.165) is 0 Å². The maximum atomic E-state index is 3.85. The van der Waals surface area contributed by atoms with E-state index in [2.05, 4.69) is 137 Å². The summed E-state index contributed by atoms with van der Waals surface area (Å²) >= 11 is 1.88. The van der Waals surface area contributed by atoms with Crippen molar-refractivity contribution in [2.24, 2.45) is 0 Å². The van der Waals surface area contributed by atoms with Gasteiger partial charge < -0.3 is 9.55 Å². The van der Waals surface area contributed by atoms with Gasteiger partial charge in [-0.15, -0.1) is 11.3 Å². The molecule has 0 spiro atoms. The van der Waals surface area contributed by atoms with E-state index in [0.29, 0.717) is 0 Å². The maximum absolute atomic E-state index is 3.85. The Hall–Kier alpha value is -5.12. The molecule has 0 aliphatic rings. The maximum Gasteiger partial charge on any atom is 0.0640 e. The molecule has 2 nitrogen and oxygen atoms in total. The molecule has 10 rings (SSSR count). The van der Waals surface area contributed by atoms with Gasteiger partial charge in [-0.05, 0) is 52.6 Å². The number of nitrogens with zero attached hydrogens (tertiary/aromatic N) is 1. The molecule has 0 amide bonds. The standard InChI is InChI=1S/C38H22N2S/c1-2-10-23-20-32-30(19-22(23)9-1)36-37-35(29-14-5-7-15-31(29)39-37)27-12-3-4-13-28(27)38(36)40(32)24-17-18-26-25-11-6-8-16-33(25)41-34(26)21-24/h1-21,39H. The van der Waals surface area contributed by atoms with Gasteiger partial charge in [-0.2, -0.15) is 0 Å². The topological polar surface area (TPSA) is 20.7 Å². The van der Waals surface area contributed by atoms with Gasteiger partial charge >= 0.3 is 0 Å². The van der Waals surface area contributed by atoms with Crippen molar-refractivity contribution in [3.63, 3.8) is 0 Å². The second-order valence-electron chi connectivity index (χ2n) is 11.0. The van der Waals surface area contributed by atoms with Crippen LogP contribution in [0.5, 0.6) is 0 Å². The molecular weight excluding hydrogens is 516 g/mol. The van der Waals surface area contributed by atoms with Crippen LogP contribution in [-0.2, 0) is 0 Å². The lowest BCUT2D eigenvalue weighted by Crippen LogP contribution is -1.94. The molecule has 0 fully saturated rings. The Labute approximate surface area is 238 Å². The highest BCUT2D eigenvalue weighted by Crippen LogP contribution is 2.46. The van der Waals surface area contributed by atoms with E-state index < -0.39 is 0 Å². The molecule has 0 saturated carbocycles. The fraction of sp³-hybridized carbons (Fsp3) is 0. The molecule has 0 unspecified atom stereocenters. The molecule has 3 aromatic heterocycles. The summed E-state index contributed by atoms with van der Waals surface area (Å²) in [5, 5.41) is 12.9. The van der Waals surface area contributed by atoms with Gasteiger partial charge in [0, 0.05) is 58.3 Å². The fourth-order valence-electron chi connectivity index (χ4n) is 7.12. The molecule has 3 heterocycles. The SMILES string of the molecule is c1ccc2cc3c(cc2c1)c1c2[nH]c4ccccc4c2c2ccccc2c1n3-c1ccc2c(c1)sc1ccccc12. The Morgan fingerprint density at radius 2 is 1.17 bits per heavy atom. The highest BCUT2D eigenvalue weighted by atomic mass is 32.1. The van der Waals surface area contributed by atoms with Crippen LogP contribution < -0.4 is 0 Å². The number of aromatic amines is 1. The Kier molecular flexibility index (Phi) is 4.10. The zero-order valence-electron chi connectivity index (χ0n) is 22.0. The zero-order valence-corrected chi connectivity index (χ0v) is 22.8. The summed E-state index contributed by atoms with van der Waals surface area (Å²) in [6, 6.07) is 46.9. The first-order chi connectivity index (χ1) is 20.3. The van der Waals surface area contributed by atoms with Crippen LogP contribution in [0.15, 0.2) is 127 Å². The summed E-state index contributed by atoms with van der Waals surface area (Å²) in [5.74, 6) is 0. The van der Waals surface area contributed by atoms with Crippen LogP contribution in [0, 0.1) is 0 Å². The van der Waals surface area contributed by atoms with Gasteiger partial charge in [0.1, 0.15) is 0 Å². The molecular formula is C38H22N2S. The molecule has 0 bridgehead atoms. The van der Waals surface area contributed by atoms with Crippen LogP contribution in [0.4, 0.5) is 0 Å². The number of benzene rings is 7. The predicted molar refractivity (Wildman–Crippen MR) is 178 cm³/mol. The summed E-state index contributed by atoms with van der Waals surface area (Å²) < 4.78 is 5.15. The first kappa shape index (κ1) is 21.7. The second-order valence-corrected chi connectivity index (χ2v) is 12.1. The molecule has 0 saturated heterocycles. The van der Waals surface area contributed by atoms with Crippen molar-refractivity contribution < 1.29 is 0 Å². The van der Waals surface area contributed by atoms with Gasteiger partial charge in [0.2, 0.25) is 0 Å². The highest BCUT2D eigenvalue weighted by Gasteiger charge is 2.22.